The van der Waals surface area contributed by atoms with Crippen molar-refractivity contribution in [1.29, 1.82) is 0 Å². The number of nitrogens with one attached hydrogen (secondary N) is 2. The predicted octanol–water partition coefficient (Wildman–Crippen LogP) is 5.27. The highest BCUT2D eigenvalue weighted by molar-refractivity contribution is 6.08. The molecule has 0 bridgehead atoms. The van der Waals surface area contributed by atoms with E-state index in [4.69, 9.17) is 15.2 Å². The van der Waals surface area contributed by atoms with Gasteiger partial charge in [-0.3, -0.25) is 9.78 Å². The second kappa shape index (κ2) is 11.3. The summed E-state index contributed by atoms with van der Waals surface area (Å²) in [7, 11) is 2.89. The van der Waals surface area contributed by atoms with Gasteiger partial charge in [0.1, 0.15) is 17.3 Å². The lowest BCUT2D eigenvalue weighted by atomic mass is 10.0. The lowest BCUT2D eigenvalue weighted by Crippen LogP contribution is -2.14. The number of para-hydroxylation sites is 1. The highest BCUT2D eigenvalue weighted by Gasteiger charge is 2.18. The van der Waals surface area contributed by atoms with Crippen LogP contribution in [-0.4, -0.2) is 46.2 Å². The maximum absolute atomic E-state index is 14.3. The first-order valence-electron chi connectivity index (χ1n) is 12.2. The van der Waals surface area contributed by atoms with Crippen LogP contribution in [0.5, 0.6) is 11.9 Å². The number of hydrogen-bond acceptors (Lipinski definition) is 9. The van der Waals surface area contributed by atoms with Gasteiger partial charge in [-0.25, -0.2) is 18.6 Å². The predicted molar refractivity (Wildman–Crippen MR) is 151 cm³/mol. The second-order valence-corrected chi connectivity index (χ2v) is 8.87. The van der Waals surface area contributed by atoms with Crippen LogP contribution in [-0.2, 0) is 0 Å². The fourth-order valence-corrected chi connectivity index (χ4v) is 4.29. The van der Waals surface area contributed by atoms with Crippen LogP contribution in [0.4, 0.5) is 31.5 Å². The zero-order chi connectivity index (χ0) is 30.0. The van der Waals surface area contributed by atoms with E-state index >= 15 is 0 Å². The molecule has 3 aromatic carbocycles. The summed E-state index contributed by atoms with van der Waals surface area (Å²) in [5, 5.41) is 15.8. The molecule has 0 atom stereocenters. The number of nitrogens with two attached hydrogens (primary N) is 1. The maximum atomic E-state index is 14.3. The number of primary amides is 1. The van der Waals surface area contributed by atoms with Gasteiger partial charge in [0, 0.05) is 29.2 Å². The van der Waals surface area contributed by atoms with E-state index in [9.17, 15) is 23.5 Å². The number of aromatic nitrogens is 3. The van der Waals surface area contributed by atoms with Crippen LogP contribution in [0.2, 0.25) is 0 Å². The minimum Gasteiger partial charge on any atom is -0.480 e. The number of methoxy groups -OCH3 is 2. The van der Waals surface area contributed by atoms with Crippen LogP contribution in [0.25, 0.3) is 22.0 Å². The summed E-state index contributed by atoms with van der Waals surface area (Å²) in [6, 6.07) is 12.6. The van der Waals surface area contributed by atoms with Gasteiger partial charge < -0.3 is 30.9 Å². The number of benzene rings is 3. The average Bonchev–Trinajstić information content (AvgIpc) is 2.98. The van der Waals surface area contributed by atoms with Crippen LogP contribution >= 0.6 is 0 Å². The number of fused-ring (bicyclic) bond motifs is 1. The molecule has 212 valence electrons. The standard InChI is InChI=1S/C29H22F2N6O5/c1-41-27-19(12-34-29(37-27)42-2)14-6-7-18-23(10-14)33-13-20(26(32)38)24(18)35-16-8-15(28(39)40)9-17(11-16)36-25-21(30)4-3-5-22(25)31/h3-13,36H,1-2H3,(H2,32,38)(H,33,35)(H,39,40). The molecule has 0 aliphatic carbocycles. The Kier molecular flexibility index (Phi) is 7.47. The Labute approximate surface area is 237 Å². The summed E-state index contributed by atoms with van der Waals surface area (Å²) in [5.41, 5.74) is 7.18. The topological polar surface area (TPSA) is 162 Å². The first-order valence-corrected chi connectivity index (χ1v) is 12.2. The van der Waals surface area contributed by atoms with Crippen molar-refractivity contribution in [2.24, 2.45) is 5.73 Å². The normalized spacial score (nSPS) is 10.8. The number of carboxylic acids is 1. The number of nitrogens with zero attached hydrogens (tertiary/aromatic N) is 3. The number of hydrogen-bond donors (Lipinski definition) is 4. The van der Waals surface area contributed by atoms with Gasteiger partial charge in [0.25, 0.3) is 5.91 Å². The minimum absolute atomic E-state index is 0.0241. The lowest BCUT2D eigenvalue weighted by Gasteiger charge is -2.16. The fourth-order valence-electron chi connectivity index (χ4n) is 4.29. The van der Waals surface area contributed by atoms with Crippen molar-refractivity contribution in [2.45, 2.75) is 0 Å². The van der Waals surface area contributed by atoms with Gasteiger partial charge in [-0.1, -0.05) is 18.2 Å². The molecule has 0 saturated heterocycles. The number of ether oxygens (including phenoxy) is 2. The molecule has 0 aliphatic heterocycles. The zero-order valence-electron chi connectivity index (χ0n) is 22.1. The zero-order valence-corrected chi connectivity index (χ0v) is 22.1. The van der Waals surface area contributed by atoms with E-state index in [1.807, 2.05) is 0 Å². The highest BCUT2D eigenvalue weighted by Crippen LogP contribution is 2.36. The molecule has 0 spiro atoms. The smallest absolute Gasteiger partial charge is 0.335 e. The van der Waals surface area contributed by atoms with Crippen LogP contribution in [0.15, 0.2) is 67.0 Å². The average molecular weight is 573 g/mol. The maximum Gasteiger partial charge on any atom is 0.335 e. The first kappa shape index (κ1) is 27.7. The van der Waals surface area contributed by atoms with Gasteiger partial charge in [0.15, 0.2) is 0 Å². The summed E-state index contributed by atoms with van der Waals surface area (Å²) in [6.45, 7) is 0. The van der Waals surface area contributed by atoms with Crippen molar-refractivity contribution in [3.05, 3.63) is 89.8 Å². The van der Waals surface area contributed by atoms with Gasteiger partial charge in [0.2, 0.25) is 5.88 Å². The van der Waals surface area contributed by atoms with E-state index in [1.54, 1.807) is 18.2 Å². The van der Waals surface area contributed by atoms with E-state index in [2.05, 4.69) is 25.6 Å². The third-order valence-corrected chi connectivity index (χ3v) is 6.23. The Morgan fingerprint density at radius 3 is 2.19 bits per heavy atom. The molecule has 0 unspecified atom stereocenters. The van der Waals surface area contributed by atoms with E-state index in [0.29, 0.717) is 22.0 Å². The number of halogens is 2. The number of carboxylic acid groups (broad SMARTS) is 1. The number of aromatic carboxylic acids is 1. The first-order chi connectivity index (χ1) is 20.2. The van der Waals surface area contributed by atoms with Crippen molar-refractivity contribution in [1.82, 2.24) is 15.0 Å². The van der Waals surface area contributed by atoms with Crippen LogP contribution in [0, 0.1) is 11.6 Å². The monoisotopic (exact) mass is 572 g/mol. The summed E-state index contributed by atoms with van der Waals surface area (Å²) in [6.07, 6.45) is 2.82. The molecule has 0 fully saturated rings. The van der Waals surface area contributed by atoms with Crippen molar-refractivity contribution in [3.8, 4) is 23.0 Å². The molecule has 42 heavy (non-hydrogen) atoms. The van der Waals surface area contributed by atoms with Gasteiger partial charge in [-0.05, 0) is 42.0 Å². The molecule has 5 rings (SSSR count). The Morgan fingerprint density at radius 1 is 0.881 bits per heavy atom. The van der Waals surface area contributed by atoms with Gasteiger partial charge in [0.05, 0.1) is 42.1 Å². The molecular formula is C29H22F2N6O5. The largest absolute Gasteiger partial charge is 0.480 e. The third-order valence-electron chi connectivity index (χ3n) is 6.23. The number of carbonyl (C=O) groups is 2. The Morgan fingerprint density at radius 2 is 1.57 bits per heavy atom. The molecule has 0 radical (unpaired) electrons. The van der Waals surface area contributed by atoms with E-state index < -0.39 is 29.2 Å². The van der Waals surface area contributed by atoms with Crippen LogP contribution in [0.1, 0.15) is 20.7 Å². The van der Waals surface area contributed by atoms with E-state index in [-0.39, 0.29) is 40.1 Å². The summed E-state index contributed by atoms with van der Waals surface area (Å²) in [4.78, 5) is 37.0. The Bertz CT molecular complexity index is 1850. The molecule has 0 saturated carbocycles. The number of carbonyl (C=O) groups excluding carboxylic acids is 1. The summed E-state index contributed by atoms with van der Waals surface area (Å²) in [5.74, 6) is -3.54. The molecule has 1 amide bonds. The summed E-state index contributed by atoms with van der Waals surface area (Å²) >= 11 is 0. The molecule has 13 heteroatoms. The molecule has 0 aliphatic rings. The van der Waals surface area contributed by atoms with Crippen LogP contribution in [0.3, 0.4) is 0 Å². The quantitative estimate of drug-likeness (QED) is 0.183. The Hall–Kier alpha value is -5.85. The van der Waals surface area contributed by atoms with Crippen molar-refractivity contribution < 1.29 is 33.0 Å². The summed E-state index contributed by atoms with van der Waals surface area (Å²) < 4.78 is 39.0. The van der Waals surface area contributed by atoms with Crippen molar-refractivity contribution in [2.75, 3.05) is 24.9 Å². The Balaban J connectivity index is 1.60. The van der Waals surface area contributed by atoms with Crippen molar-refractivity contribution >= 4 is 45.5 Å². The molecule has 2 aromatic heterocycles. The number of rotatable bonds is 9. The molecular weight excluding hydrogens is 550 g/mol. The van der Waals surface area contributed by atoms with E-state index in [1.165, 1.54) is 50.9 Å². The molecule has 5 N–H and O–H groups in total. The fraction of sp³-hybridized carbons (Fsp3) is 0.0690. The molecule has 2 heterocycles. The van der Waals surface area contributed by atoms with Crippen molar-refractivity contribution in [3.63, 3.8) is 0 Å². The van der Waals surface area contributed by atoms with Gasteiger partial charge in [-0.15, -0.1) is 0 Å². The molecule has 5 aromatic rings. The SMILES string of the molecule is COc1ncc(-c2ccc3c(Nc4cc(Nc5c(F)cccc5F)cc(C(=O)O)c4)c(C(N)=O)cnc3c2)c(OC)n1. The second-order valence-electron chi connectivity index (χ2n) is 8.87. The number of anilines is 4. The lowest BCUT2D eigenvalue weighted by molar-refractivity contribution is 0.0696. The highest BCUT2D eigenvalue weighted by atomic mass is 19.1. The number of pyridine rings is 1. The van der Waals surface area contributed by atoms with Gasteiger partial charge >= 0.3 is 12.0 Å². The van der Waals surface area contributed by atoms with E-state index in [0.717, 1.165) is 12.1 Å². The number of amides is 1. The molecule has 11 nitrogen and oxygen atoms in total. The van der Waals surface area contributed by atoms with Gasteiger partial charge in [-0.2, -0.15) is 4.98 Å². The van der Waals surface area contributed by atoms with Crippen LogP contribution < -0.4 is 25.8 Å². The third kappa shape index (κ3) is 5.43. The minimum atomic E-state index is -1.29.